The third-order valence-electron chi connectivity index (χ3n) is 4.49. The van der Waals surface area contributed by atoms with Crippen molar-refractivity contribution in [3.63, 3.8) is 0 Å². The van der Waals surface area contributed by atoms with E-state index in [2.05, 4.69) is 27.1 Å². The summed E-state index contributed by atoms with van der Waals surface area (Å²) in [6, 6.07) is 10.2. The molecule has 2 aromatic heterocycles. The molecule has 0 N–H and O–H groups in total. The number of ether oxygens (including phenoxy) is 1. The fourth-order valence-electron chi connectivity index (χ4n) is 3.19. The molecule has 0 spiro atoms. The van der Waals surface area contributed by atoms with Crippen LogP contribution in [0.3, 0.4) is 0 Å². The van der Waals surface area contributed by atoms with Crippen molar-refractivity contribution in [1.82, 2.24) is 19.5 Å². The van der Waals surface area contributed by atoms with E-state index in [0.717, 1.165) is 25.2 Å². The zero-order chi connectivity index (χ0) is 19.5. The molecule has 1 aliphatic heterocycles. The molecule has 0 atom stereocenters. The maximum Gasteiger partial charge on any atom is 0.316 e. The summed E-state index contributed by atoms with van der Waals surface area (Å²) in [6.45, 7) is 4.37. The minimum atomic E-state index is -0.289. The van der Waals surface area contributed by atoms with E-state index in [1.54, 1.807) is 6.92 Å². The minimum Gasteiger partial charge on any atom is -0.465 e. The number of thioether (sulfide) groups is 1. The van der Waals surface area contributed by atoms with Crippen molar-refractivity contribution >= 4 is 34.0 Å². The maximum absolute atomic E-state index is 13.0. The van der Waals surface area contributed by atoms with Crippen LogP contribution in [0.5, 0.6) is 0 Å². The van der Waals surface area contributed by atoms with E-state index in [9.17, 15) is 9.59 Å². The molecule has 0 saturated carbocycles. The van der Waals surface area contributed by atoms with Crippen LogP contribution in [0.4, 0.5) is 0 Å². The fraction of sp³-hybridized carbons (Fsp3) is 0.368. The first-order valence-electron chi connectivity index (χ1n) is 9.10. The molecule has 1 aliphatic rings. The van der Waals surface area contributed by atoms with Gasteiger partial charge in [-0.1, -0.05) is 53.4 Å². The Kier molecular flexibility index (Phi) is 5.74. The van der Waals surface area contributed by atoms with Crippen LogP contribution in [0.2, 0.25) is 0 Å². The van der Waals surface area contributed by atoms with Crippen molar-refractivity contribution in [2.45, 2.75) is 30.8 Å². The van der Waals surface area contributed by atoms with Crippen LogP contribution in [-0.2, 0) is 29.0 Å². The summed E-state index contributed by atoms with van der Waals surface area (Å²) in [7, 11) is 0. The summed E-state index contributed by atoms with van der Waals surface area (Å²) < 4.78 is 6.93. The highest BCUT2D eigenvalue weighted by molar-refractivity contribution is 8.01. The number of rotatable bonds is 6. The summed E-state index contributed by atoms with van der Waals surface area (Å²) in [6.07, 6.45) is 0.747. The fourth-order valence-corrected chi connectivity index (χ4v) is 4.94. The molecule has 146 valence electrons. The first-order chi connectivity index (χ1) is 13.6. The van der Waals surface area contributed by atoms with E-state index < -0.39 is 0 Å². The normalized spacial score (nSPS) is 14.2. The van der Waals surface area contributed by atoms with E-state index in [0.29, 0.717) is 28.0 Å². The number of fused-ring (bicyclic) bond motifs is 2. The molecule has 0 saturated heterocycles. The molecule has 28 heavy (non-hydrogen) atoms. The van der Waals surface area contributed by atoms with E-state index in [4.69, 9.17) is 4.74 Å². The van der Waals surface area contributed by atoms with Crippen LogP contribution in [0.1, 0.15) is 23.7 Å². The second-order valence-corrected chi connectivity index (χ2v) is 8.62. The third-order valence-corrected chi connectivity index (χ3v) is 6.50. The van der Waals surface area contributed by atoms with Gasteiger partial charge in [0.25, 0.3) is 5.56 Å². The number of benzene rings is 1. The van der Waals surface area contributed by atoms with Gasteiger partial charge in [0.05, 0.1) is 23.6 Å². The quantitative estimate of drug-likeness (QED) is 0.451. The van der Waals surface area contributed by atoms with Crippen LogP contribution < -0.4 is 5.56 Å². The van der Waals surface area contributed by atoms with Gasteiger partial charge in [-0.05, 0) is 12.5 Å². The van der Waals surface area contributed by atoms with Crippen molar-refractivity contribution in [3.8, 4) is 0 Å². The maximum atomic E-state index is 13.0. The van der Waals surface area contributed by atoms with Gasteiger partial charge in [0.2, 0.25) is 4.96 Å². The molecular weight excluding hydrogens is 396 g/mol. The van der Waals surface area contributed by atoms with Gasteiger partial charge in [-0.15, -0.1) is 5.10 Å². The molecular formula is C19H20N4O3S2. The average molecular weight is 417 g/mol. The second-order valence-electron chi connectivity index (χ2n) is 6.44. The van der Waals surface area contributed by atoms with Gasteiger partial charge < -0.3 is 4.74 Å². The SMILES string of the molecule is CCOC(=O)CSc1nn2c(=O)c3c(nc2s1)CCN(Cc1ccccc1)C3. The van der Waals surface area contributed by atoms with Crippen LogP contribution in [0.15, 0.2) is 39.5 Å². The predicted molar refractivity (Wildman–Crippen MR) is 109 cm³/mol. The molecule has 0 radical (unpaired) electrons. The van der Waals surface area contributed by atoms with Crippen molar-refractivity contribution in [1.29, 1.82) is 0 Å². The molecule has 9 heteroatoms. The Labute approximate surface area is 170 Å². The van der Waals surface area contributed by atoms with Gasteiger partial charge in [-0.3, -0.25) is 14.5 Å². The number of carbonyl (C=O) groups is 1. The number of carbonyl (C=O) groups excluding carboxylic acids is 1. The molecule has 0 amide bonds. The van der Waals surface area contributed by atoms with Crippen molar-refractivity contribution in [2.75, 3.05) is 18.9 Å². The third kappa shape index (κ3) is 4.11. The number of hydrogen-bond donors (Lipinski definition) is 0. The molecule has 0 aliphatic carbocycles. The lowest BCUT2D eigenvalue weighted by Crippen LogP contribution is -2.36. The standard InChI is InChI=1S/C19H20N4O3S2/c1-2-26-16(24)12-27-19-21-23-17(25)14-11-22(10-13-6-4-3-5-7-13)9-8-15(14)20-18(23)28-19/h3-7H,2,8-12H2,1H3. The predicted octanol–water partition coefficient (Wildman–Crippen LogP) is 2.36. The van der Waals surface area contributed by atoms with Crippen LogP contribution >= 0.6 is 23.1 Å². The van der Waals surface area contributed by atoms with Crippen LogP contribution in [-0.4, -0.2) is 44.4 Å². The summed E-state index contributed by atoms with van der Waals surface area (Å²) in [5, 5.41) is 4.36. The Bertz CT molecular complexity index is 1050. The van der Waals surface area contributed by atoms with Crippen molar-refractivity contribution in [2.24, 2.45) is 0 Å². The Morgan fingerprint density at radius 3 is 2.93 bits per heavy atom. The summed E-state index contributed by atoms with van der Waals surface area (Å²) in [5.41, 5.74) is 2.69. The minimum absolute atomic E-state index is 0.114. The van der Waals surface area contributed by atoms with E-state index in [-0.39, 0.29) is 17.3 Å². The van der Waals surface area contributed by atoms with Gasteiger partial charge in [0, 0.05) is 26.1 Å². The lowest BCUT2D eigenvalue weighted by atomic mass is 10.1. The van der Waals surface area contributed by atoms with Crippen LogP contribution in [0, 0.1) is 0 Å². The van der Waals surface area contributed by atoms with Crippen molar-refractivity contribution in [3.05, 3.63) is 57.5 Å². The van der Waals surface area contributed by atoms with Gasteiger partial charge in [0.15, 0.2) is 4.34 Å². The number of esters is 1. The molecule has 0 bridgehead atoms. The Balaban J connectivity index is 1.54. The molecule has 0 fully saturated rings. The number of aromatic nitrogens is 3. The smallest absolute Gasteiger partial charge is 0.316 e. The number of nitrogens with zero attached hydrogens (tertiary/aromatic N) is 4. The molecule has 1 aromatic carbocycles. The monoisotopic (exact) mass is 416 g/mol. The molecule has 3 heterocycles. The van der Waals surface area contributed by atoms with Crippen molar-refractivity contribution < 1.29 is 9.53 Å². The Hall–Kier alpha value is -2.23. The van der Waals surface area contributed by atoms with E-state index in [1.165, 1.54) is 33.2 Å². The summed E-state index contributed by atoms with van der Waals surface area (Å²) in [4.78, 5) is 32.0. The van der Waals surface area contributed by atoms with Gasteiger partial charge in [-0.25, -0.2) is 4.98 Å². The Morgan fingerprint density at radius 2 is 2.14 bits per heavy atom. The molecule has 0 unspecified atom stereocenters. The highest BCUT2D eigenvalue weighted by Gasteiger charge is 2.23. The average Bonchev–Trinajstić information content (AvgIpc) is 3.11. The van der Waals surface area contributed by atoms with E-state index >= 15 is 0 Å². The first kappa shape index (κ1) is 19.1. The molecule has 7 nitrogen and oxygen atoms in total. The highest BCUT2D eigenvalue weighted by Crippen LogP contribution is 2.25. The van der Waals surface area contributed by atoms with Gasteiger partial charge >= 0.3 is 5.97 Å². The first-order valence-corrected chi connectivity index (χ1v) is 10.9. The lowest BCUT2D eigenvalue weighted by molar-refractivity contribution is -0.139. The zero-order valence-corrected chi connectivity index (χ0v) is 17.1. The lowest BCUT2D eigenvalue weighted by Gasteiger charge is -2.27. The van der Waals surface area contributed by atoms with E-state index in [1.807, 2.05) is 18.2 Å². The Morgan fingerprint density at radius 1 is 1.32 bits per heavy atom. The van der Waals surface area contributed by atoms with Gasteiger partial charge in [-0.2, -0.15) is 4.52 Å². The van der Waals surface area contributed by atoms with Crippen LogP contribution in [0.25, 0.3) is 4.96 Å². The molecule has 3 aromatic rings. The largest absolute Gasteiger partial charge is 0.465 e. The topological polar surface area (TPSA) is 76.8 Å². The summed E-state index contributed by atoms with van der Waals surface area (Å²) in [5.74, 6) is -0.115. The zero-order valence-electron chi connectivity index (χ0n) is 15.5. The highest BCUT2D eigenvalue weighted by atomic mass is 32.2. The molecule has 4 rings (SSSR count). The number of hydrogen-bond acceptors (Lipinski definition) is 8. The second kappa shape index (κ2) is 8.42. The van der Waals surface area contributed by atoms with Gasteiger partial charge in [0.1, 0.15) is 0 Å². The summed E-state index contributed by atoms with van der Waals surface area (Å²) >= 11 is 2.60.